The first kappa shape index (κ1) is 32.9. The second-order valence-electron chi connectivity index (χ2n) is 10.4. The van der Waals surface area contributed by atoms with Crippen LogP contribution in [0.15, 0.2) is 40.0 Å². The molecule has 2 aromatic rings. The molecule has 0 bridgehead atoms. The Bertz CT molecular complexity index is 1370. The fourth-order valence-corrected chi connectivity index (χ4v) is 6.37. The SMILES string of the molecule is CCOC(=O)C1=C(CN(S)CC(F)(F)[C@H]2CCCN2C[C@@H](CC)C(=O)O)NC(c2nccs2)=N[C@@H]1c1ccc(F)nc1C. The number of rotatable bonds is 13. The number of nitrogens with one attached hydrogen (secondary N) is 1. The number of carbonyl (C=O) groups is 2. The number of carbonyl (C=O) groups excluding carboxylic acids is 1. The number of hydrogen-bond donors (Lipinski definition) is 3. The molecule has 0 radical (unpaired) electrons. The zero-order valence-corrected chi connectivity index (χ0v) is 25.8. The predicted octanol–water partition coefficient (Wildman–Crippen LogP) is 4.25. The number of likely N-dealkylation sites (tertiary alicyclic amines) is 1. The molecule has 234 valence electrons. The van der Waals surface area contributed by atoms with E-state index in [-0.39, 0.29) is 37.4 Å². The van der Waals surface area contributed by atoms with E-state index in [0.29, 0.717) is 41.5 Å². The number of halogens is 3. The molecule has 1 saturated heterocycles. The summed E-state index contributed by atoms with van der Waals surface area (Å²) < 4.78 is 51.9. The number of amidine groups is 1. The quantitative estimate of drug-likeness (QED) is 0.168. The van der Waals surface area contributed by atoms with Crippen molar-refractivity contribution < 1.29 is 32.6 Å². The minimum absolute atomic E-state index is 0.0404. The Morgan fingerprint density at radius 2 is 2.12 bits per heavy atom. The summed E-state index contributed by atoms with van der Waals surface area (Å²) >= 11 is 5.68. The third kappa shape index (κ3) is 7.75. The summed E-state index contributed by atoms with van der Waals surface area (Å²) in [4.78, 5) is 39.3. The van der Waals surface area contributed by atoms with E-state index in [9.17, 15) is 19.1 Å². The lowest BCUT2D eigenvalue weighted by Gasteiger charge is -2.35. The van der Waals surface area contributed by atoms with E-state index in [4.69, 9.17) is 9.73 Å². The number of carboxylic acids is 1. The minimum atomic E-state index is -3.24. The van der Waals surface area contributed by atoms with Crippen LogP contribution in [0.5, 0.6) is 0 Å². The monoisotopic (exact) mass is 640 g/mol. The van der Waals surface area contributed by atoms with Crippen LogP contribution in [0.2, 0.25) is 0 Å². The van der Waals surface area contributed by atoms with Crippen molar-refractivity contribution in [3.63, 3.8) is 0 Å². The first-order valence-corrected chi connectivity index (χ1v) is 15.3. The van der Waals surface area contributed by atoms with Crippen molar-refractivity contribution in [1.29, 1.82) is 0 Å². The van der Waals surface area contributed by atoms with Crippen molar-refractivity contribution in [2.24, 2.45) is 10.9 Å². The van der Waals surface area contributed by atoms with Gasteiger partial charge in [0, 0.05) is 41.6 Å². The van der Waals surface area contributed by atoms with Gasteiger partial charge in [0.1, 0.15) is 6.04 Å². The van der Waals surface area contributed by atoms with Gasteiger partial charge in [-0.05, 0) is 45.7 Å². The first-order chi connectivity index (χ1) is 20.4. The Kier molecular flexibility index (Phi) is 10.8. The Labute approximate surface area is 257 Å². The molecule has 4 heterocycles. The highest BCUT2D eigenvalue weighted by Crippen LogP contribution is 2.36. The number of aliphatic carboxylic acids is 1. The van der Waals surface area contributed by atoms with E-state index in [2.05, 4.69) is 28.1 Å². The zero-order valence-electron chi connectivity index (χ0n) is 24.1. The number of alkyl halides is 2. The number of ether oxygens (including phenoxy) is 1. The lowest BCUT2D eigenvalue weighted by Crippen LogP contribution is -2.51. The maximum Gasteiger partial charge on any atom is 0.338 e. The molecule has 2 aliphatic heterocycles. The molecule has 43 heavy (non-hydrogen) atoms. The summed E-state index contributed by atoms with van der Waals surface area (Å²) in [5.41, 5.74) is 1.05. The van der Waals surface area contributed by atoms with E-state index in [1.54, 1.807) is 37.2 Å². The van der Waals surface area contributed by atoms with E-state index in [1.807, 2.05) is 0 Å². The van der Waals surface area contributed by atoms with Crippen molar-refractivity contribution in [1.82, 2.24) is 24.5 Å². The molecule has 3 atom stereocenters. The number of aromatic nitrogens is 2. The summed E-state index contributed by atoms with van der Waals surface area (Å²) in [6, 6.07) is 0.519. The number of hydrogen-bond acceptors (Lipinski definition) is 11. The van der Waals surface area contributed by atoms with Crippen molar-refractivity contribution >= 4 is 41.9 Å². The molecule has 10 nitrogen and oxygen atoms in total. The molecule has 0 aromatic carbocycles. The average molecular weight is 641 g/mol. The van der Waals surface area contributed by atoms with Crippen LogP contribution in [0.3, 0.4) is 0 Å². The third-order valence-corrected chi connectivity index (χ3v) is 8.59. The Hall–Kier alpha value is -3.01. The summed E-state index contributed by atoms with van der Waals surface area (Å²) in [5, 5.41) is 14.8. The van der Waals surface area contributed by atoms with Gasteiger partial charge in [-0.15, -0.1) is 11.3 Å². The summed E-state index contributed by atoms with van der Waals surface area (Å²) in [6.45, 7) is 4.45. The minimum Gasteiger partial charge on any atom is -0.481 e. The van der Waals surface area contributed by atoms with Gasteiger partial charge in [-0.25, -0.2) is 27.8 Å². The zero-order chi connectivity index (χ0) is 31.3. The highest BCUT2D eigenvalue weighted by atomic mass is 32.1. The number of thiol groups is 1. The molecule has 0 saturated carbocycles. The number of esters is 1. The van der Waals surface area contributed by atoms with Crippen LogP contribution in [0.4, 0.5) is 13.2 Å². The van der Waals surface area contributed by atoms with Crippen molar-refractivity contribution in [3.05, 3.63) is 57.2 Å². The number of carboxylic acid groups (broad SMARTS) is 1. The summed E-state index contributed by atoms with van der Waals surface area (Å²) in [7, 11) is 0. The molecule has 2 aromatic heterocycles. The number of aliphatic imine (C=N–C) groups is 1. The van der Waals surface area contributed by atoms with Crippen molar-refractivity contribution in [3.8, 4) is 0 Å². The summed E-state index contributed by atoms with van der Waals surface area (Å²) in [5.74, 6) is -6.08. The molecular weight excluding hydrogens is 605 g/mol. The van der Waals surface area contributed by atoms with Crippen LogP contribution in [0, 0.1) is 18.8 Å². The van der Waals surface area contributed by atoms with Crippen LogP contribution in [-0.2, 0) is 14.3 Å². The van der Waals surface area contributed by atoms with Gasteiger partial charge in [0.25, 0.3) is 5.92 Å². The van der Waals surface area contributed by atoms with Crippen LogP contribution < -0.4 is 5.32 Å². The molecular formula is C28H35F3N6O4S2. The smallest absolute Gasteiger partial charge is 0.338 e. The van der Waals surface area contributed by atoms with Gasteiger partial charge in [-0.1, -0.05) is 25.8 Å². The Morgan fingerprint density at radius 1 is 1.35 bits per heavy atom. The van der Waals surface area contributed by atoms with E-state index >= 15 is 8.78 Å². The Balaban J connectivity index is 1.65. The molecule has 0 spiro atoms. The van der Waals surface area contributed by atoms with E-state index in [1.165, 1.54) is 17.4 Å². The Morgan fingerprint density at radius 3 is 2.74 bits per heavy atom. The van der Waals surface area contributed by atoms with Crippen LogP contribution in [0.1, 0.15) is 55.4 Å². The van der Waals surface area contributed by atoms with E-state index < -0.39 is 48.4 Å². The molecule has 15 heteroatoms. The summed E-state index contributed by atoms with van der Waals surface area (Å²) in [6.07, 6.45) is 2.68. The average Bonchev–Trinajstić information content (AvgIpc) is 3.64. The molecule has 0 aliphatic carbocycles. The largest absolute Gasteiger partial charge is 0.481 e. The third-order valence-electron chi connectivity index (χ3n) is 7.53. The number of thiazole rings is 1. The van der Waals surface area contributed by atoms with Crippen LogP contribution >= 0.6 is 24.2 Å². The molecule has 0 amide bonds. The number of nitrogens with zero attached hydrogens (tertiary/aromatic N) is 5. The van der Waals surface area contributed by atoms with Crippen molar-refractivity contribution in [2.75, 3.05) is 32.8 Å². The maximum atomic E-state index is 15.8. The predicted molar refractivity (Wildman–Crippen MR) is 159 cm³/mol. The number of pyridine rings is 1. The normalized spacial score (nSPS) is 20.2. The lowest BCUT2D eigenvalue weighted by atomic mass is 9.94. The molecule has 1 fully saturated rings. The second kappa shape index (κ2) is 14.2. The molecule has 0 unspecified atom stereocenters. The lowest BCUT2D eigenvalue weighted by molar-refractivity contribution is -0.144. The van der Waals surface area contributed by atoms with Gasteiger partial charge in [0.2, 0.25) is 5.95 Å². The standard InChI is InChI=1S/C28H35F3N6O4S2/c1-4-17(26(38)39)13-36-11-6-7-20(36)28(30,31)15-37(42)14-19-22(27(40)41-5-2)23(18-8-9-21(29)33-16(18)3)35-24(34-19)25-32-10-12-43-25/h8-10,12,17,20,23,42H,4-7,11,13-15H2,1-3H3,(H,34,35)(H,38,39)/t17-,20-,23-/m1/s1. The number of aryl methyl sites for hydroxylation is 1. The maximum absolute atomic E-state index is 15.8. The van der Waals surface area contributed by atoms with Crippen molar-refractivity contribution in [2.45, 2.75) is 58.0 Å². The van der Waals surface area contributed by atoms with Crippen LogP contribution in [0.25, 0.3) is 0 Å². The van der Waals surface area contributed by atoms with Gasteiger partial charge < -0.3 is 15.2 Å². The van der Waals surface area contributed by atoms with Crippen LogP contribution in [-0.4, -0.2) is 86.8 Å². The van der Waals surface area contributed by atoms with Gasteiger partial charge in [0.05, 0.1) is 30.7 Å². The fraction of sp³-hybridized carbons (Fsp3) is 0.536. The van der Waals surface area contributed by atoms with Gasteiger partial charge in [-0.3, -0.25) is 14.7 Å². The first-order valence-electron chi connectivity index (χ1n) is 14.0. The molecule has 2 N–H and O–H groups in total. The highest BCUT2D eigenvalue weighted by Gasteiger charge is 2.47. The molecule has 2 aliphatic rings. The van der Waals surface area contributed by atoms with Gasteiger partial charge >= 0.3 is 11.9 Å². The highest BCUT2D eigenvalue weighted by molar-refractivity contribution is 7.77. The van der Waals surface area contributed by atoms with E-state index in [0.717, 1.165) is 10.4 Å². The topological polar surface area (TPSA) is 120 Å². The van der Waals surface area contributed by atoms with Gasteiger partial charge in [0.15, 0.2) is 10.8 Å². The molecule has 4 rings (SSSR count). The second-order valence-corrected chi connectivity index (χ2v) is 11.9. The fourth-order valence-electron chi connectivity index (χ4n) is 5.45. The van der Waals surface area contributed by atoms with Gasteiger partial charge in [-0.2, -0.15) is 4.39 Å².